The molecule has 0 aliphatic carbocycles. The lowest BCUT2D eigenvalue weighted by Crippen LogP contribution is -2.24. The number of carbonyl (C=O) groups is 2. The van der Waals surface area contributed by atoms with Crippen LogP contribution in [0.5, 0.6) is 0 Å². The fraction of sp³-hybridized carbons (Fsp3) is 0.600. The van der Waals surface area contributed by atoms with Gasteiger partial charge in [-0.2, -0.15) is 0 Å². The maximum Gasteiger partial charge on any atom is 0.346 e. The summed E-state index contributed by atoms with van der Waals surface area (Å²) >= 11 is 0. The van der Waals surface area contributed by atoms with Crippen LogP contribution in [0.15, 0.2) is 0 Å². The third kappa shape index (κ3) is 2.21. The molecule has 1 atom stereocenters. The molecule has 0 aliphatic heterocycles. The van der Waals surface area contributed by atoms with Crippen molar-refractivity contribution in [2.45, 2.75) is 19.5 Å². The standard InChI is InChI=1S/C5H7FO3/c1-2-3(7)4(6)5(8)9/h4H,2H2,1H3,(H,8,9). The molecule has 0 aromatic rings. The summed E-state index contributed by atoms with van der Waals surface area (Å²) in [5, 5.41) is 7.89. The molecule has 3 nitrogen and oxygen atoms in total. The van der Waals surface area contributed by atoms with E-state index in [0.717, 1.165) is 0 Å². The summed E-state index contributed by atoms with van der Waals surface area (Å²) in [6.45, 7) is 1.41. The minimum absolute atomic E-state index is 0.0759. The zero-order valence-electron chi connectivity index (χ0n) is 4.93. The highest BCUT2D eigenvalue weighted by Crippen LogP contribution is 1.95. The SMILES string of the molecule is CCC(=O)C(F)C(=O)O. The second-order valence-electron chi connectivity index (χ2n) is 1.52. The van der Waals surface area contributed by atoms with Crippen molar-refractivity contribution >= 4 is 11.8 Å². The summed E-state index contributed by atoms with van der Waals surface area (Å²) in [4.78, 5) is 19.9. The van der Waals surface area contributed by atoms with Crippen molar-refractivity contribution < 1.29 is 19.1 Å². The van der Waals surface area contributed by atoms with Gasteiger partial charge in [-0.05, 0) is 0 Å². The molecular weight excluding hydrogens is 127 g/mol. The number of carboxylic acid groups (broad SMARTS) is 1. The first-order chi connectivity index (χ1) is 4.09. The van der Waals surface area contributed by atoms with E-state index in [1.54, 1.807) is 0 Å². The highest BCUT2D eigenvalue weighted by Gasteiger charge is 2.22. The molecule has 0 aromatic heterocycles. The molecule has 1 unspecified atom stereocenters. The zero-order chi connectivity index (χ0) is 7.44. The van der Waals surface area contributed by atoms with Gasteiger partial charge in [-0.1, -0.05) is 6.92 Å². The van der Waals surface area contributed by atoms with Crippen LogP contribution >= 0.6 is 0 Å². The van der Waals surface area contributed by atoms with E-state index >= 15 is 0 Å². The van der Waals surface area contributed by atoms with Crippen LogP contribution in [-0.4, -0.2) is 23.0 Å². The van der Waals surface area contributed by atoms with Crippen LogP contribution in [0.25, 0.3) is 0 Å². The maximum atomic E-state index is 12.0. The van der Waals surface area contributed by atoms with Crippen molar-refractivity contribution in [1.82, 2.24) is 0 Å². The molecule has 0 saturated heterocycles. The number of hydrogen-bond donors (Lipinski definition) is 1. The van der Waals surface area contributed by atoms with E-state index in [9.17, 15) is 14.0 Å². The summed E-state index contributed by atoms with van der Waals surface area (Å²) in [5.41, 5.74) is 0. The third-order valence-corrected chi connectivity index (χ3v) is 0.848. The van der Waals surface area contributed by atoms with E-state index in [-0.39, 0.29) is 6.42 Å². The fourth-order valence-electron chi connectivity index (χ4n) is 0.317. The lowest BCUT2D eigenvalue weighted by molar-refractivity contribution is -0.147. The Morgan fingerprint density at radius 3 is 2.22 bits per heavy atom. The van der Waals surface area contributed by atoms with Gasteiger partial charge >= 0.3 is 5.97 Å². The molecule has 9 heavy (non-hydrogen) atoms. The smallest absolute Gasteiger partial charge is 0.346 e. The van der Waals surface area contributed by atoms with Crippen molar-refractivity contribution in [2.24, 2.45) is 0 Å². The highest BCUT2D eigenvalue weighted by atomic mass is 19.1. The van der Waals surface area contributed by atoms with Crippen molar-refractivity contribution in [1.29, 1.82) is 0 Å². The van der Waals surface area contributed by atoms with Crippen LogP contribution in [-0.2, 0) is 9.59 Å². The Labute approximate surface area is 51.5 Å². The molecule has 0 spiro atoms. The molecule has 0 fully saturated rings. The second-order valence-corrected chi connectivity index (χ2v) is 1.52. The van der Waals surface area contributed by atoms with E-state index < -0.39 is 17.9 Å². The molecular formula is C5H7FO3. The van der Waals surface area contributed by atoms with Crippen LogP contribution in [0.1, 0.15) is 13.3 Å². The maximum absolute atomic E-state index is 12.0. The molecule has 4 heteroatoms. The average molecular weight is 134 g/mol. The Morgan fingerprint density at radius 2 is 2.11 bits per heavy atom. The molecule has 0 aromatic carbocycles. The largest absolute Gasteiger partial charge is 0.479 e. The van der Waals surface area contributed by atoms with Gasteiger partial charge in [-0.25, -0.2) is 9.18 Å². The van der Waals surface area contributed by atoms with Gasteiger partial charge in [0.25, 0.3) is 6.17 Å². The first-order valence-corrected chi connectivity index (χ1v) is 2.49. The number of hydrogen-bond acceptors (Lipinski definition) is 2. The van der Waals surface area contributed by atoms with Crippen LogP contribution in [0.3, 0.4) is 0 Å². The molecule has 0 saturated carbocycles. The Hall–Kier alpha value is -0.930. The van der Waals surface area contributed by atoms with Crippen molar-refractivity contribution in [3.8, 4) is 0 Å². The number of carboxylic acids is 1. The van der Waals surface area contributed by atoms with Crippen LogP contribution in [0.2, 0.25) is 0 Å². The van der Waals surface area contributed by atoms with E-state index in [0.29, 0.717) is 0 Å². The molecule has 52 valence electrons. The summed E-state index contributed by atoms with van der Waals surface area (Å²) in [5.74, 6) is -2.59. The van der Waals surface area contributed by atoms with Crippen LogP contribution in [0.4, 0.5) is 4.39 Å². The van der Waals surface area contributed by atoms with E-state index in [1.165, 1.54) is 6.92 Å². The van der Waals surface area contributed by atoms with Gasteiger partial charge in [-0.15, -0.1) is 0 Å². The predicted molar refractivity (Wildman–Crippen MR) is 27.8 cm³/mol. The Bertz CT molecular complexity index is 132. The average Bonchev–Trinajstić information content (AvgIpc) is 1.84. The molecule has 0 radical (unpaired) electrons. The number of carbonyl (C=O) groups excluding carboxylic acids is 1. The van der Waals surface area contributed by atoms with Gasteiger partial charge in [0.05, 0.1) is 0 Å². The number of Topliss-reactive ketones (excluding diaryl/α,β-unsaturated/α-hetero) is 1. The van der Waals surface area contributed by atoms with E-state index in [1.807, 2.05) is 0 Å². The van der Waals surface area contributed by atoms with Crippen molar-refractivity contribution in [2.75, 3.05) is 0 Å². The Kier molecular flexibility index (Phi) is 2.84. The van der Waals surface area contributed by atoms with Gasteiger partial charge in [0.15, 0.2) is 5.78 Å². The third-order valence-electron chi connectivity index (χ3n) is 0.848. The minimum Gasteiger partial charge on any atom is -0.479 e. The monoisotopic (exact) mass is 134 g/mol. The first kappa shape index (κ1) is 8.07. The quantitative estimate of drug-likeness (QED) is 0.568. The van der Waals surface area contributed by atoms with Crippen molar-refractivity contribution in [3.05, 3.63) is 0 Å². The zero-order valence-corrected chi connectivity index (χ0v) is 4.93. The summed E-state index contributed by atoms with van der Waals surface area (Å²) in [7, 11) is 0. The number of halogens is 1. The van der Waals surface area contributed by atoms with E-state index in [2.05, 4.69) is 0 Å². The lowest BCUT2D eigenvalue weighted by Gasteiger charge is -1.95. The molecule has 0 bridgehead atoms. The highest BCUT2D eigenvalue weighted by molar-refractivity contribution is 6.00. The number of ketones is 1. The van der Waals surface area contributed by atoms with Gasteiger partial charge in [0, 0.05) is 6.42 Å². The molecule has 0 heterocycles. The number of rotatable bonds is 3. The van der Waals surface area contributed by atoms with Gasteiger partial charge in [0.2, 0.25) is 0 Å². The Balaban J connectivity index is 3.88. The summed E-state index contributed by atoms with van der Waals surface area (Å²) in [6, 6.07) is 0. The Morgan fingerprint density at radius 1 is 1.67 bits per heavy atom. The topological polar surface area (TPSA) is 54.4 Å². The minimum atomic E-state index is -2.34. The number of alkyl halides is 1. The van der Waals surface area contributed by atoms with Gasteiger partial charge in [0.1, 0.15) is 0 Å². The van der Waals surface area contributed by atoms with Crippen molar-refractivity contribution in [3.63, 3.8) is 0 Å². The normalized spacial score (nSPS) is 12.7. The fourth-order valence-corrected chi connectivity index (χ4v) is 0.317. The molecule has 0 rings (SSSR count). The van der Waals surface area contributed by atoms with Crippen LogP contribution in [0, 0.1) is 0 Å². The van der Waals surface area contributed by atoms with Gasteiger partial charge in [-0.3, -0.25) is 4.79 Å². The molecule has 1 N–H and O–H groups in total. The lowest BCUT2D eigenvalue weighted by atomic mass is 10.2. The van der Waals surface area contributed by atoms with E-state index in [4.69, 9.17) is 5.11 Å². The molecule has 0 amide bonds. The first-order valence-electron chi connectivity index (χ1n) is 2.49. The van der Waals surface area contributed by atoms with Gasteiger partial charge < -0.3 is 5.11 Å². The summed E-state index contributed by atoms with van der Waals surface area (Å²) in [6.07, 6.45) is -2.41. The number of aliphatic carboxylic acids is 1. The predicted octanol–water partition coefficient (Wildman–Crippen LogP) is 0.388. The summed E-state index contributed by atoms with van der Waals surface area (Å²) < 4.78 is 12.0. The van der Waals surface area contributed by atoms with Crippen LogP contribution < -0.4 is 0 Å². The molecule has 0 aliphatic rings. The second kappa shape index (κ2) is 3.17.